The molecule has 0 bridgehead atoms. The summed E-state index contributed by atoms with van der Waals surface area (Å²) in [6.07, 6.45) is 7.02. The van der Waals surface area contributed by atoms with Crippen LogP contribution < -0.4 is 5.32 Å². The minimum atomic E-state index is 0. The van der Waals surface area contributed by atoms with Gasteiger partial charge in [0.05, 0.1) is 12.4 Å². The van der Waals surface area contributed by atoms with E-state index in [9.17, 15) is 0 Å². The van der Waals surface area contributed by atoms with Crippen molar-refractivity contribution in [1.29, 1.82) is 0 Å². The van der Waals surface area contributed by atoms with Gasteiger partial charge in [-0.1, -0.05) is 45.0 Å². The minimum absolute atomic E-state index is 0. The summed E-state index contributed by atoms with van der Waals surface area (Å²) in [4.78, 5) is 13.6. The van der Waals surface area contributed by atoms with Gasteiger partial charge in [0, 0.05) is 45.6 Å². The topological polar surface area (TPSA) is 48.7 Å². The van der Waals surface area contributed by atoms with E-state index in [1.54, 1.807) is 0 Å². The van der Waals surface area contributed by atoms with E-state index in [0.717, 1.165) is 51.6 Å². The van der Waals surface area contributed by atoms with E-state index in [0.29, 0.717) is 12.0 Å². The van der Waals surface area contributed by atoms with Crippen molar-refractivity contribution in [3.8, 4) is 0 Å². The molecule has 6 nitrogen and oxygen atoms in total. The predicted octanol–water partition coefficient (Wildman–Crippen LogP) is 4.00. The molecule has 0 saturated carbocycles. The molecular formula is C23H37IN6. The Bertz CT molecular complexity index is 755. The van der Waals surface area contributed by atoms with Crippen molar-refractivity contribution in [3.63, 3.8) is 0 Å². The van der Waals surface area contributed by atoms with Crippen molar-refractivity contribution < 1.29 is 0 Å². The number of aliphatic imine (C=N–C) groups is 1. The zero-order valence-electron chi connectivity index (χ0n) is 18.8. The average Bonchev–Trinajstić information content (AvgIpc) is 3.29. The summed E-state index contributed by atoms with van der Waals surface area (Å²) >= 11 is 0. The molecule has 1 fully saturated rings. The second-order valence-electron chi connectivity index (χ2n) is 7.97. The van der Waals surface area contributed by atoms with Gasteiger partial charge in [-0.05, 0) is 36.6 Å². The maximum absolute atomic E-state index is 4.55. The molecule has 0 aliphatic carbocycles. The monoisotopic (exact) mass is 524 g/mol. The third-order valence-electron chi connectivity index (χ3n) is 6.11. The molecule has 2 atom stereocenters. The van der Waals surface area contributed by atoms with Crippen molar-refractivity contribution in [2.45, 2.75) is 46.3 Å². The van der Waals surface area contributed by atoms with Crippen molar-refractivity contribution in [1.82, 2.24) is 24.7 Å². The van der Waals surface area contributed by atoms with Gasteiger partial charge in [-0.2, -0.15) is 0 Å². The quantitative estimate of drug-likeness (QED) is 0.338. The standard InChI is InChI=1S/C23H36N6.HI/c1-5-27(6-2)16-21-9-7-20(8-10-21)15-26-23(24-4)28-13-11-19(3)22(17-28)29-14-12-25-18-29;/h7-10,12,14,18-19,22H,5-6,11,13,15-17H2,1-4H3,(H,24,26);1H. The lowest BCUT2D eigenvalue weighted by Crippen LogP contribution is -2.48. The van der Waals surface area contributed by atoms with Crippen molar-refractivity contribution in [2.75, 3.05) is 33.2 Å². The number of benzene rings is 1. The van der Waals surface area contributed by atoms with Crippen LogP contribution in [0, 0.1) is 5.92 Å². The number of rotatable bonds is 7. The number of hydrogen-bond donors (Lipinski definition) is 1. The van der Waals surface area contributed by atoms with E-state index in [-0.39, 0.29) is 24.0 Å². The SMILES string of the molecule is CCN(CC)Cc1ccc(CNC(=NC)N2CCC(C)C(n3ccnc3)C2)cc1.I. The summed E-state index contributed by atoms with van der Waals surface area (Å²) < 4.78 is 2.23. The molecule has 2 aromatic rings. The van der Waals surface area contributed by atoms with Crippen LogP contribution in [0.25, 0.3) is 0 Å². The molecule has 1 aliphatic rings. The number of nitrogens with zero attached hydrogens (tertiary/aromatic N) is 5. The third kappa shape index (κ3) is 6.44. The van der Waals surface area contributed by atoms with Crippen LogP contribution in [0.4, 0.5) is 0 Å². The van der Waals surface area contributed by atoms with Crippen LogP contribution in [0.5, 0.6) is 0 Å². The zero-order valence-corrected chi connectivity index (χ0v) is 21.1. The van der Waals surface area contributed by atoms with Gasteiger partial charge >= 0.3 is 0 Å². The molecule has 166 valence electrons. The van der Waals surface area contributed by atoms with Crippen LogP contribution >= 0.6 is 24.0 Å². The second-order valence-corrected chi connectivity index (χ2v) is 7.97. The fraction of sp³-hybridized carbons (Fsp3) is 0.565. The van der Waals surface area contributed by atoms with Crippen molar-refractivity contribution in [3.05, 3.63) is 54.1 Å². The summed E-state index contributed by atoms with van der Waals surface area (Å²) in [7, 11) is 1.87. The highest BCUT2D eigenvalue weighted by atomic mass is 127. The van der Waals surface area contributed by atoms with Crippen LogP contribution in [0.15, 0.2) is 48.0 Å². The molecule has 2 heterocycles. The van der Waals surface area contributed by atoms with Crippen LogP contribution in [0.2, 0.25) is 0 Å². The minimum Gasteiger partial charge on any atom is -0.352 e. The number of hydrogen-bond acceptors (Lipinski definition) is 3. The Morgan fingerprint density at radius 1 is 1.20 bits per heavy atom. The molecule has 3 rings (SSSR count). The lowest BCUT2D eigenvalue weighted by molar-refractivity contribution is 0.189. The maximum Gasteiger partial charge on any atom is 0.193 e. The predicted molar refractivity (Wildman–Crippen MR) is 135 cm³/mol. The number of imidazole rings is 1. The van der Waals surface area contributed by atoms with Gasteiger partial charge in [0.1, 0.15) is 0 Å². The van der Waals surface area contributed by atoms with Crippen LogP contribution in [0.3, 0.4) is 0 Å². The highest BCUT2D eigenvalue weighted by Gasteiger charge is 2.28. The van der Waals surface area contributed by atoms with Gasteiger partial charge in [-0.3, -0.25) is 9.89 Å². The Morgan fingerprint density at radius 3 is 2.50 bits per heavy atom. The highest BCUT2D eigenvalue weighted by molar-refractivity contribution is 14.0. The molecule has 0 radical (unpaired) electrons. The maximum atomic E-state index is 4.55. The Balaban J connectivity index is 0.00000320. The molecule has 1 aromatic carbocycles. The first-order chi connectivity index (χ1) is 14.1. The first-order valence-electron chi connectivity index (χ1n) is 10.9. The van der Waals surface area contributed by atoms with Gasteiger partial charge < -0.3 is 14.8 Å². The fourth-order valence-corrected chi connectivity index (χ4v) is 4.08. The van der Waals surface area contributed by atoms with E-state index in [4.69, 9.17) is 0 Å². The van der Waals surface area contributed by atoms with Crippen LogP contribution in [0.1, 0.15) is 44.4 Å². The molecule has 1 N–H and O–H groups in total. The molecule has 0 spiro atoms. The molecule has 7 heteroatoms. The van der Waals surface area contributed by atoms with Crippen molar-refractivity contribution in [2.24, 2.45) is 10.9 Å². The summed E-state index contributed by atoms with van der Waals surface area (Å²) in [5.41, 5.74) is 2.65. The summed E-state index contributed by atoms with van der Waals surface area (Å²) in [5.74, 6) is 1.62. The molecule has 30 heavy (non-hydrogen) atoms. The van der Waals surface area contributed by atoms with E-state index < -0.39 is 0 Å². The molecule has 0 amide bonds. The van der Waals surface area contributed by atoms with Gasteiger partial charge in [0.25, 0.3) is 0 Å². The second kappa shape index (κ2) is 12.3. The molecule has 1 saturated heterocycles. The van der Waals surface area contributed by atoms with E-state index in [1.165, 1.54) is 11.1 Å². The fourth-order valence-electron chi connectivity index (χ4n) is 4.08. The van der Waals surface area contributed by atoms with Gasteiger partial charge in [-0.15, -0.1) is 24.0 Å². The van der Waals surface area contributed by atoms with Gasteiger partial charge in [0.2, 0.25) is 0 Å². The summed E-state index contributed by atoms with van der Waals surface area (Å²) in [6.45, 7) is 12.7. The van der Waals surface area contributed by atoms with Crippen LogP contribution in [-0.2, 0) is 13.1 Å². The van der Waals surface area contributed by atoms with E-state index >= 15 is 0 Å². The Morgan fingerprint density at radius 2 is 1.90 bits per heavy atom. The lowest BCUT2D eigenvalue weighted by atomic mass is 9.93. The van der Waals surface area contributed by atoms with E-state index in [1.807, 2.05) is 19.6 Å². The van der Waals surface area contributed by atoms with Gasteiger partial charge in [-0.25, -0.2) is 4.98 Å². The highest BCUT2D eigenvalue weighted by Crippen LogP contribution is 2.27. The van der Waals surface area contributed by atoms with E-state index in [2.05, 4.69) is 80.9 Å². The Hall–Kier alpha value is -1.61. The molecule has 1 aromatic heterocycles. The number of aromatic nitrogens is 2. The molecule has 2 unspecified atom stereocenters. The summed E-state index contributed by atoms with van der Waals surface area (Å²) in [6, 6.07) is 9.38. The third-order valence-corrected chi connectivity index (χ3v) is 6.11. The molecular weight excluding hydrogens is 487 g/mol. The van der Waals surface area contributed by atoms with Gasteiger partial charge in [0.15, 0.2) is 5.96 Å². The lowest BCUT2D eigenvalue weighted by Gasteiger charge is -2.39. The normalized spacial score (nSPS) is 19.6. The number of halogens is 1. The number of guanidine groups is 1. The number of nitrogens with one attached hydrogen (secondary N) is 1. The molecule has 1 aliphatic heterocycles. The first-order valence-corrected chi connectivity index (χ1v) is 10.9. The average molecular weight is 524 g/mol. The first kappa shape index (κ1) is 24.7. The van der Waals surface area contributed by atoms with Crippen LogP contribution in [-0.4, -0.2) is 58.5 Å². The summed E-state index contributed by atoms with van der Waals surface area (Å²) in [5, 5.41) is 3.56. The largest absolute Gasteiger partial charge is 0.352 e. The number of likely N-dealkylation sites (tertiary alicyclic amines) is 1. The Labute approximate surface area is 198 Å². The zero-order chi connectivity index (χ0) is 20.6. The Kier molecular flexibility index (Phi) is 10.1. The number of piperidine rings is 1. The van der Waals surface area contributed by atoms with Crippen molar-refractivity contribution >= 4 is 29.9 Å². The smallest absolute Gasteiger partial charge is 0.193 e.